The zero-order chi connectivity index (χ0) is 30.5. The van der Waals surface area contributed by atoms with Crippen LogP contribution in [0.2, 0.25) is 10.0 Å². The van der Waals surface area contributed by atoms with Gasteiger partial charge in [0.05, 0.1) is 20.3 Å². The molecule has 1 unspecified atom stereocenters. The van der Waals surface area contributed by atoms with Crippen LogP contribution in [0.1, 0.15) is 24.5 Å². The molecule has 0 radical (unpaired) electrons. The van der Waals surface area contributed by atoms with E-state index in [1.165, 1.54) is 12.0 Å². The van der Waals surface area contributed by atoms with Crippen molar-refractivity contribution < 1.29 is 38.4 Å². The number of carbonyl (C=O) groups excluding carboxylic acids is 1. The number of hydrogen-bond donors (Lipinski definition) is 1. The second-order valence-electron chi connectivity index (χ2n) is 9.30. The van der Waals surface area contributed by atoms with Crippen molar-refractivity contribution in [1.29, 1.82) is 0 Å². The van der Waals surface area contributed by atoms with Crippen molar-refractivity contribution >= 4 is 35.3 Å². The monoisotopic (exact) mass is 619 g/mol. The first-order valence-corrected chi connectivity index (χ1v) is 14.2. The van der Waals surface area contributed by atoms with Gasteiger partial charge in [0.1, 0.15) is 18.1 Å². The van der Waals surface area contributed by atoms with Gasteiger partial charge in [0.15, 0.2) is 17.6 Å². The van der Waals surface area contributed by atoms with E-state index in [0.717, 1.165) is 11.1 Å². The number of carboxylic acids is 1. The Labute approximate surface area is 255 Å². The van der Waals surface area contributed by atoms with Crippen LogP contribution in [0.25, 0.3) is 0 Å². The normalized spacial score (nSPS) is 11.5. The van der Waals surface area contributed by atoms with Crippen molar-refractivity contribution in [3.8, 4) is 23.0 Å². The van der Waals surface area contributed by atoms with E-state index in [9.17, 15) is 14.7 Å². The third-order valence-electron chi connectivity index (χ3n) is 6.07. The number of carbonyl (C=O) groups is 2. The van der Waals surface area contributed by atoms with Crippen LogP contribution in [0.3, 0.4) is 0 Å². The first kappa shape index (κ1) is 32.8. The van der Waals surface area contributed by atoms with Crippen LogP contribution in [-0.2, 0) is 16.0 Å². The van der Waals surface area contributed by atoms with E-state index in [4.69, 9.17) is 46.9 Å². The fraction of sp³-hybridized carbons (Fsp3) is 0.355. The molecule has 9 nitrogen and oxygen atoms in total. The smallest absolute Gasteiger partial charge is 0.415 e. The molecule has 226 valence electrons. The lowest BCUT2D eigenvalue weighted by Crippen LogP contribution is -2.38. The number of aryl methyl sites for hydroxylation is 1. The number of amides is 1. The minimum absolute atomic E-state index is 0.195. The van der Waals surface area contributed by atoms with Gasteiger partial charge in [-0.15, -0.1) is 0 Å². The van der Waals surface area contributed by atoms with Crippen molar-refractivity contribution in [1.82, 2.24) is 4.90 Å². The van der Waals surface area contributed by atoms with E-state index in [0.29, 0.717) is 59.2 Å². The number of hydrogen-bond acceptors (Lipinski definition) is 7. The van der Waals surface area contributed by atoms with Crippen molar-refractivity contribution in [3.05, 3.63) is 81.8 Å². The van der Waals surface area contributed by atoms with Gasteiger partial charge >= 0.3 is 12.1 Å². The summed E-state index contributed by atoms with van der Waals surface area (Å²) >= 11 is 12.1. The lowest BCUT2D eigenvalue weighted by atomic mass is 10.1. The SMILES string of the molecule is CCOC(Cc1ccc(OCCN(CCCOc2cc(Cl)cc(Cl)c2)C(=O)Oc2cc(C)ccc2OC)cc1)C(=O)O. The first-order valence-electron chi connectivity index (χ1n) is 13.4. The van der Waals surface area contributed by atoms with Gasteiger partial charge in [-0.25, -0.2) is 9.59 Å². The van der Waals surface area contributed by atoms with Crippen molar-refractivity contribution in [3.63, 3.8) is 0 Å². The fourth-order valence-electron chi connectivity index (χ4n) is 4.00. The predicted molar refractivity (Wildman–Crippen MR) is 161 cm³/mol. The number of nitrogens with zero attached hydrogens (tertiary/aromatic N) is 1. The number of ether oxygens (including phenoxy) is 5. The summed E-state index contributed by atoms with van der Waals surface area (Å²) < 4.78 is 28.0. The highest BCUT2D eigenvalue weighted by molar-refractivity contribution is 6.34. The van der Waals surface area contributed by atoms with E-state index in [-0.39, 0.29) is 19.6 Å². The summed E-state index contributed by atoms with van der Waals surface area (Å²) in [5, 5.41) is 10.2. The molecule has 0 aliphatic rings. The molecule has 3 rings (SSSR count). The predicted octanol–water partition coefficient (Wildman–Crippen LogP) is 6.69. The first-order chi connectivity index (χ1) is 20.2. The Bertz CT molecular complexity index is 1300. The molecule has 11 heteroatoms. The van der Waals surface area contributed by atoms with E-state index < -0.39 is 18.2 Å². The molecular weight excluding hydrogens is 585 g/mol. The maximum atomic E-state index is 13.2. The molecule has 0 aromatic heterocycles. The zero-order valence-corrected chi connectivity index (χ0v) is 25.3. The van der Waals surface area contributed by atoms with Crippen molar-refractivity contribution in [2.45, 2.75) is 32.8 Å². The molecular formula is C31H35Cl2NO8. The second-order valence-corrected chi connectivity index (χ2v) is 10.2. The molecule has 1 atom stereocenters. The highest BCUT2D eigenvalue weighted by Crippen LogP contribution is 2.28. The quantitative estimate of drug-likeness (QED) is 0.177. The molecule has 0 bridgehead atoms. The number of halogens is 2. The Morgan fingerprint density at radius 3 is 2.21 bits per heavy atom. The lowest BCUT2D eigenvalue weighted by molar-refractivity contribution is -0.149. The summed E-state index contributed by atoms with van der Waals surface area (Å²) in [6.07, 6.45) is -0.717. The maximum absolute atomic E-state index is 13.2. The van der Waals surface area contributed by atoms with Crippen LogP contribution in [0.4, 0.5) is 4.79 Å². The van der Waals surface area contributed by atoms with E-state index in [1.807, 2.05) is 13.0 Å². The van der Waals surface area contributed by atoms with Crippen LogP contribution in [0, 0.1) is 6.92 Å². The van der Waals surface area contributed by atoms with Gasteiger partial charge in [0.2, 0.25) is 0 Å². The zero-order valence-electron chi connectivity index (χ0n) is 23.8. The van der Waals surface area contributed by atoms with Crippen LogP contribution >= 0.6 is 23.2 Å². The number of aliphatic carboxylic acids is 1. The van der Waals surface area contributed by atoms with Gasteiger partial charge in [-0.05, 0) is 73.9 Å². The van der Waals surface area contributed by atoms with Crippen molar-refractivity contribution in [2.24, 2.45) is 0 Å². The Kier molecular flexibility index (Phi) is 13.1. The summed E-state index contributed by atoms with van der Waals surface area (Å²) in [5.74, 6) is 0.876. The molecule has 0 saturated carbocycles. The average molecular weight is 621 g/mol. The Morgan fingerprint density at radius 1 is 0.881 bits per heavy atom. The summed E-state index contributed by atoms with van der Waals surface area (Å²) in [6.45, 7) is 5.05. The van der Waals surface area contributed by atoms with Gasteiger partial charge in [-0.2, -0.15) is 0 Å². The summed E-state index contributed by atoms with van der Waals surface area (Å²) in [5.41, 5.74) is 1.72. The van der Waals surface area contributed by atoms with Crippen LogP contribution < -0.4 is 18.9 Å². The van der Waals surface area contributed by atoms with Crippen LogP contribution in [-0.4, -0.2) is 68.2 Å². The van der Waals surface area contributed by atoms with E-state index >= 15 is 0 Å². The summed E-state index contributed by atoms with van der Waals surface area (Å²) in [4.78, 5) is 26.1. The summed E-state index contributed by atoms with van der Waals surface area (Å²) in [6, 6.07) is 17.4. The average Bonchev–Trinajstić information content (AvgIpc) is 2.94. The number of rotatable bonds is 16. The van der Waals surface area contributed by atoms with Crippen LogP contribution in [0.5, 0.6) is 23.0 Å². The van der Waals surface area contributed by atoms with Gasteiger partial charge in [0, 0.05) is 29.6 Å². The summed E-state index contributed by atoms with van der Waals surface area (Å²) in [7, 11) is 1.51. The maximum Gasteiger partial charge on any atom is 0.415 e. The van der Waals surface area contributed by atoms with Gasteiger partial charge in [-0.1, -0.05) is 41.4 Å². The highest BCUT2D eigenvalue weighted by Gasteiger charge is 2.20. The van der Waals surface area contributed by atoms with Crippen molar-refractivity contribution in [2.75, 3.05) is 40.0 Å². The molecule has 0 heterocycles. The van der Waals surface area contributed by atoms with Gasteiger partial charge in [0.25, 0.3) is 0 Å². The topological polar surface area (TPSA) is 104 Å². The highest BCUT2D eigenvalue weighted by atomic mass is 35.5. The number of carboxylic acid groups (broad SMARTS) is 1. The molecule has 0 spiro atoms. The molecule has 42 heavy (non-hydrogen) atoms. The minimum Gasteiger partial charge on any atom is -0.493 e. The molecule has 1 N–H and O–H groups in total. The second kappa shape index (κ2) is 16.7. The Balaban J connectivity index is 1.60. The molecule has 3 aromatic rings. The molecule has 1 amide bonds. The number of benzene rings is 3. The third-order valence-corrected chi connectivity index (χ3v) is 6.51. The van der Waals surface area contributed by atoms with Gasteiger partial charge in [-0.3, -0.25) is 0 Å². The molecule has 0 saturated heterocycles. The van der Waals surface area contributed by atoms with Gasteiger partial charge < -0.3 is 33.7 Å². The van der Waals surface area contributed by atoms with E-state index in [1.54, 1.807) is 61.5 Å². The molecule has 0 fully saturated rings. The largest absolute Gasteiger partial charge is 0.493 e. The number of methoxy groups -OCH3 is 1. The lowest BCUT2D eigenvalue weighted by Gasteiger charge is -2.23. The third kappa shape index (κ3) is 10.6. The minimum atomic E-state index is -1.01. The molecule has 3 aromatic carbocycles. The Morgan fingerprint density at radius 2 is 1.57 bits per heavy atom. The van der Waals surface area contributed by atoms with E-state index in [2.05, 4.69) is 0 Å². The fourth-order valence-corrected chi connectivity index (χ4v) is 4.51. The standard InChI is InChI=1S/C31H35Cl2NO8/c1-4-39-29(30(35)36)17-22-7-9-25(10-8-22)41-15-13-34(12-5-14-40-26-19-23(32)18-24(33)20-26)31(37)42-28-16-21(2)6-11-27(28)38-3/h6-11,16,18-20,29H,4-5,12-15,17H2,1-3H3,(H,35,36). The van der Waals surface area contributed by atoms with Crippen LogP contribution in [0.15, 0.2) is 60.7 Å². The Hall–Kier alpha value is -3.66. The molecule has 0 aliphatic carbocycles. The molecule has 0 aliphatic heterocycles.